The number of anilines is 1. The SMILES string of the molecule is CC1Nc2ccc(F)cc2OC1c1ccc(F)cn1. The van der Waals surface area contributed by atoms with Crippen LogP contribution in [-0.2, 0) is 0 Å². The van der Waals surface area contributed by atoms with Crippen molar-refractivity contribution in [3.05, 3.63) is 53.9 Å². The first-order chi connectivity index (χ1) is 9.13. The maximum absolute atomic E-state index is 13.2. The molecule has 0 amide bonds. The molecule has 1 aliphatic heterocycles. The van der Waals surface area contributed by atoms with Gasteiger partial charge in [-0.1, -0.05) is 0 Å². The fraction of sp³-hybridized carbons (Fsp3) is 0.214. The number of hydrogen-bond donors (Lipinski definition) is 1. The first kappa shape index (κ1) is 11.9. The minimum Gasteiger partial charge on any atom is -0.480 e. The summed E-state index contributed by atoms with van der Waals surface area (Å²) in [6, 6.07) is 7.19. The molecular formula is C14H12F2N2O. The predicted octanol–water partition coefficient (Wildman–Crippen LogP) is 3.29. The summed E-state index contributed by atoms with van der Waals surface area (Å²) in [5.41, 5.74) is 1.35. The molecule has 0 saturated carbocycles. The number of fused-ring (bicyclic) bond motifs is 1. The molecule has 0 fully saturated rings. The maximum atomic E-state index is 13.2. The summed E-state index contributed by atoms with van der Waals surface area (Å²) in [7, 11) is 0. The Morgan fingerprint density at radius 3 is 2.68 bits per heavy atom. The first-order valence-corrected chi connectivity index (χ1v) is 5.98. The van der Waals surface area contributed by atoms with Crippen LogP contribution >= 0.6 is 0 Å². The van der Waals surface area contributed by atoms with Crippen LogP contribution in [0.15, 0.2) is 36.5 Å². The normalized spacial score (nSPS) is 21.2. The number of halogens is 2. The first-order valence-electron chi connectivity index (χ1n) is 5.98. The highest BCUT2D eigenvalue weighted by atomic mass is 19.1. The third kappa shape index (κ3) is 2.23. The molecular weight excluding hydrogens is 250 g/mol. The number of pyridine rings is 1. The van der Waals surface area contributed by atoms with Gasteiger partial charge in [0.1, 0.15) is 17.4 Å². The summed E-state index contributed by atoms with van der Waals surface area (Å²) in [5.74, 6) is -0.318. The molecule has 2 unspecified atom stereocenters. The highest BCUT2D eigenvalue weighted by molar-refractivity contribution is 5.59. The third-order valence-electron chi connectivity index (χ3n) is 3.08. The van der Waals surface area contributed by atoms with E-state index in [9.17, 15) is 8.78 Å². The molecule has 1 aromatic carbocycles. The fourth-order valence-corrected chi connectivity index (χ4v) is 2.14. The zero-order valence-corrected chi connectivity index (χ0v) is 10.2. The van der Waals surface area contributed by atoms with Gasteiger partial charge >= 0.3 is 0 Å². The van der Waals surface area contributed by atoms with Crippen LogP contribution in [-0.4, -0.2) is 11.0 Å². The molecule has 1 aromatic heterocycles. The largest absolute Gasteiger partial charge is 0.480 e. The average molecular weight is 262 g/mol. The molecule has 2 atom stereocenters. The summed E-state index contributed by atoms with van der Waals surface area (Å²) in [5, 5.41) is 3.22. The Bertz CT molecular complexity index is 601. The van der Waals surface area contributed by atoms with Crippen LogP contribution in [0.4, 0.5) is 14.5 Å². The third-order valence-corrected chi connectivity index (χ3v) is 3.08. The number of nitrogens with zero attached hydrogens (tertiary/aromatic N) is 1. The minimum absolute atomic E-state index is 0.0454. The van der Waals surface area contributed by atoms with Gasteiger partial charge in [0, 0.05) is 6.07 Å². The van der Waals surface area contributed by atoms with E-state index in [1.54, 1.807) is 12.1 Å². The lowest BCUT2D eigenvalue weighted by atomic mass is 10.1. The van der Waals surface area contributed by atoms with E-state index >= 15 is 0 Å². The van der Waals surface area contributed by atoms with E-state index < -0.39 is 5.82 Å². The van der Waals surface area contributed by atoms with Crippen LogP contribution in [0.25, 0.3) is 0 Å². The van der Waals surface area contributed by atoms with Crippen molar-refractivity contribution in [2.45, 2.75) is 19.1 Å². The smallest absolute Gasteiger partial charge is 0.160 e. The highest BCUT2D eigenvalue weighted by Gasteiger charge is 2.28. The lowest BCUT2D eigenvalue weighted by Gasteiger charge is -2.32. The number of hydrogen-bond acceptors (Lipinski definition) is 3. The Morgan fingerprint density at radius 1 is 1.16 bits per heavy atom. The van der Waals surface area contributed by atoms with E-state index in [0.29, 0.717) is 11.4 Å². The predicted molar refractivity (Wildman–Crippen MR) is 67.0 cm³/mol. The second-order valence-corrected chi connectivity index (χ2v) is 4.51. The van der Waals surface area contributed by atoms with Gasteiger partial charge < -0.3 is 10.1 Å². The Kier molecular flexibility index (Phi) is 2.81. The maximum Gasteiger partial charge on any atom is 0.160 e. The van der Waals surface area contributed by atoms with E-state index in [4.69, 9.17) is 4.74 Å². The standard InChI is InChI=1S/C14H12F2N2O/c1-8-14(12-5-3-10(16)7-17-12)19-13-6-9(15)2-4-11(13)18-8/h2-8,14,18H,1H3. The monoisotopic (exact) mass is 262 g/mol. The van der Waals surface area contributed by atoms with Crippen molar-refractivity contribution in [3.63, 3.8) is 0 Å². The summed E-state index contributed by atoms with van der Waals surface area (Å²) >= 11 is 0. The van der Waals surface area contributed by atoms with Crippen LogP contribution in [0.5, 0.6) is 5.75 Å². The molecule has 2 aromatic rings. The zero-order chi connectivity index (χ0) is 13.4. The van der Waals surface area contributed by atoms with Gasteiger partial charge in [-0.15, -0.1) is 0 Å². The molecule has 0 radical (unpaired) electrons. The molecule has 0 bridgehead atoms. The second-order valence-electron chi connectivity index (χ2n) is 4.51. The van der Waals surface area contributed by atoms with Gasteiger partial charge in [0.05, 0.1) is 23.6 Å². The number of ether oxygens (including phenoxy) is 1. The van der Waals surface area contributed by atoms with Crippen LogP contribution in [0.2, 0.25) is 0 Å². The molecule has 0 spiro atoms. The molecule has 3 rings (SSSR count). The van der Waals surface area contributed by atoms with Crippen molar-refractivity contribution >= 4 is 5.69 Å². The van der Waals surface area contributed by atoms with Crippen LogP contribution in [0, 0.1) is 11.6 Å². The molecule has 0 saturated heterocycles. The Morgan fingerprint density at radius 2 is 1.95 bits per heavy atom. The van der Waals surface area contributed by atoms with E-state index in [1.165, 1.54) is 18.2 Å². The van der Waals surface area contributed by atoms with E-state index in [-0.39, 0.29) is 18.0 Å². The highest BCUT2D eigenvalue weighted by Crippen LogP contribution is 2.37. The van der Waals surface area contributed by atoms with Crippen LogP contribution < -0.4 is 10.1 Å². The minimum atomic E-state index is -0.397. The lowest BCUT2D eigenvalue weighted by Crippen LogP contribution is -2.33. The Labute approximate surface area is 109 Å². The second kappa shape index (κ2) is 4.50. The van der Waals surface area contributed by atoms with Crippen molar-refractivity contribution in [1.82, 2.24) is 4.98 Å². The summed E-state index contributed by atoms with van der Waals surface area (Å²) < 4.78 is 31.8. The molecule has 1 N–H and O–H groups in total. The Balaban J connectivity index is 1.94. The van der Waals surface area contributed by atoms with Crippen LogP contribution in [0.3, 0.4) is 0 Å². The van der Waals surface area contributed by atoms with Gasteiger partial charge in [-0.2, -0.15) is 0 Å². The molecule has 98 valence electrons. The van der Waals surface area contributed by atoms with E-state index in [0.717, 1.165) is 11.9 Å². The summed E-state index contributed by atoms with van der Waals surface area (Å²) in [6.45, 7) is 1.93. The lowest BCUT2D eigenvalue weighted by molar-refractivity contribution is 0.172. The summed E-state index contributed by atoms with van der Waals surface area (Å²) in [6.07, 6.45) is 0.766. The van der Waals surface area contributed by atoms with E-state index in [1.807, 2.05) is 6.92 Å². The summed E-state index contributed by atoms with van der Waals surface area (Å²) in [4.78, 5) is 4.01. The van der Waals surface area contributed by atoms with E-state index in [2.05, 4.69) is 10.3 Å². The number of rotatable bonds is 1. The van der Waals surface area contributed by atoms with Crippen molar-refractivity contribution in [1.29, 1.82) is 0 Å². The number of benzene rings is 1. The Hall–Kier alpha value is -2.17. The van der Waals surface area contributed by atoms with Crippen molar-refractivity contribution < 1.29 is 13.5 Å². The number of nitrogens with one attached hydrogen (secondary N) is 1. The van der Waals surface area contributed by atoms with Gasteiger partial charge in [0.15, 0.2) is 6.10 Å². The zero-order valence-electron chi connectivity index (χ0n) is 10.2. The van der Waals surface area contributed by atoms with Crippen molar-refractivity contribution in [2.24, 2.45) is 0 Å². The quantitative estimate of drug-likeness (QED) is 0.856. The van der Waals surface area contributed by atoms with Gasteiger partial charge in [-0.05, 0) is 31.2 Å². The van der Waals surface area contributed by atoms with Gasteiger partial charge in [0.2, 0.25) is 0 Å². The molecule has 0 aliphatic carbocycles. The van der Waals surface area contributed by atoms with Crippen molar-refractivity contribution in [3.8, 4) is 5.75 Å². The van der Waals surface area contributed by atoms with Crippen molar-refractivity contribution in [2.75, 3.05) is 5.32 Å². The molecule has 2 heterocycles. The van der Waals surface area contributed by atoms with Crippen LogP contribution in [0.1, 0.15) is 18.7 Å². The van der Waals surface area contributed by atoms with Gasteiger partial charge in [-0.3, -0.25) is 4.98 Å². The topological polar surface area (TPSA) is 34.1 Å². The molecule has 1 aliphatic rings. The number of aromatic nitrogens is 1. The molecule has 5 heteroatoms. The average Bonchev–Trinajstić information content (AvgIpc) is 2.40. The fourth-order valence-electron chi connectivity index (χ4n) is 2.14. The van der Waals surface area contributed by atoms with Gasteiger partial charge in [0.25, 0.3) is 0 Å². The van der Waals surface area contributed by atoms with Gasteiger partial charge in [-0.25, -0.2) is 8.78 Å². The molecule has 19 heavy (non-hydrogen) atoms. The molecule has 3 nitrogen and oxygen atoms in total.